The molecule has 1 rings (SSSR count). The maximum atomic E-state index is 12.2. The van der Waals surface area contributed by atoms with E-state index < -0.39 is 6.10 Å². The molecule has 2 atom stereocenters. The van der Waals surface area contributed by atoms with Gasteiger partial charge in [-0.25, -0.2) is 0 Å². The molecule has 6 heteroatoms. The highest BCUT2D eigenvalue weighted by molar-refractivity contribution is 5.93. The number of hydrogen-bond donors (Lipinski definition) is 3. The number of nitrogens with one attached hydrogen (secondary N) is 1. The molecule has 0 saturated heterocycles. The van der Waals surface area contributed by atoms with Crippen LogP contribution < -0.4 is 11.1 Å². The normalized spacial score (nSPS) is 13.7. The molecule has 0 aromatic carbocycles. The van der Waals surface area contributed by atoms with Gasteiger partial charge in [0.1, 0.15) is 5.69 Å². The molecule has 0 saturated carbocycles. The molecule has 1 amide bonds. The van der Waals surface area contributed by atoms with E-state index in [0.29, 0.717) is 25.3 Å². The van der Waals surface area contributed by atoms with E-state index in [1.807, 2.05) is 13.8 Å². The highest BCUT2D eigenvalue weighted by Gasteiger charge is 2.14. The third-order valence-electron chi connectivity index (χ3n) is 3.19. The number of rotatable bonds is 7. The van der Waals surface area contributed by atoms with Crippen LogP contribution in [0, 0.1) is 0 Å². The number of aliphatic hydroxyl groups is 1. The largest absolute Gasteiger partial charge is 0.392 e. The van der Waals surface area contributed by atoms with Gasteiger partial charge in [-0.3, -0.25) is 9.78 Å². The summed E-state index contributed by atoms with van der Waals surface area (Å²) in [4.78, 5) is 18.0. The first-order valence-electron chi connectivity index (χ1n) is 6.92. The molecular weight excluding hydrogens is 256 g/mol. The number of hydrogen-bond acceptors (Lipinski definition) is 5. The first kappa shape index (κ1) is 16.4. The van der Waals surface area contributed by atoms with Crippen molar-refractivity contribution in [2.45, 2.75) is 32.9 Å². The highest BCUT2D eigenvalue weighted by Crippen LogP contribution is 2.10. The maximum absolute atomic E-state index is 12.2. The summed E-state index contributed by atoms with van der Waals surface area (Å²) in [6.45, 7) is 7.26. The molecule has 0 fully saturated rings. The van der Waals surface area contributed by atoms with Gasteiger partial charge in [-0.1, -0.05) is 0 Å². The minimum Gasteiger partial charge on any atom is -0.392 e. The van der Waals surface area contributed by atoms with Crippen molar-refractivity contribution in [2.24, 2.45) is 5.73 Å². The van der Waals surface area contributed by atoms with E-state index in [-0.39, 0.29) is 11.9 Å². The number of aliphatic hydroxyl groups excluding tert-OH is 1. The first-order valence-corrected chi connectivity index (χ1v) is 6.92. The second kappa shape index (κ2) is 7.81. The van der Waals surface area contributed by atoms with Gasteiger partial charge in [-0.2, -0.15) is 0 Å². The molecule has 1 aromatic heterocycles. The molecular formula is C14H24N4O2. The molecule has 0 spiro atoms. The van der Waals surface area contributed by atoms with Crippen LogP contribution in [0.1, 0.15) is 31.3 Å². The van der Waals surface area contributed by atoms with E-state index in [4.69, 9.17) is 5.73 Å². The minimum atomic E-state index is -0.582. The van der Waals surface area contributed by atoms with E-state index >= 15 is 0 Å². The van der Waals surface area contributed by atoms with Crippen LogP contribution in [0.5, 0.6) is 0 Å². The molecule has 0 aliphatic rings. The summed E-state index contributed by atoms with van der Waals surface area (Å²) in [7, 11) is 0. The van der Waals surface area contributed by atoms with Gasteiger partial charge in [0.2, 0.25) is 0 Å². The second-order valence-corrected chi connectivity index (χ2v) is 4.69. The maximum Gasteiger partial charge on any atom is 0.272 e. The molecule has 0 aliphatic carbocycles. The lowest BCUT2D eigenvalue weighted by Crippen LogP contribution is -2.38. The predicted molar refractivity (Wildman–Crippen MR) is 79.6 cm³/mol. The quantitative estimate of drug-likeness (QED) is 0.683. The second-order valence-electron chi connectivity index (χ2n) is 4.69. The van der Waals surface area contributed by atoms with E-state index in [9.17, 15) is 9.90 Å². The molecule has 112 valence electrons. The molecule has 0 bridgehead atoms. The fourth-order valence-corrected chi connectivity index (χ4v) is 1.74. The van der Waals surface area contributed by atoms with Crippen LogP contribution in [0.15, 0.2) is 18.3 Å². The molecule has 20 heavy (non-hydrogen) atoms. The van der Waals surface area contributed by atoms with E-state index in [1.165, 1.54) is 0 Å². The predicted octanol–water partition coefficient (Wildman–Crippen LogP) is 0.684. The Labute approximate surface area is 120 Å². The van der Waals surface area contributed by atoms with E-state index in [2.05, 4.69) is 10.3 Å². The molecule has 1 heterocycles. The van der Waals surface area contributed by atoms with Crippen molar-refractivity contribution in [2.75, 3.05) is 25.0 Å². The Balaban J connectivity index is 2.73. The summed E-state index contributed by atoms with van der Waals surface area (Å²) in [5.41, 5.74) is 6.93. The number of carbonyl (C=O) groups excluding carboxylic acids is 1. The Bertz CT molecular complexity index is 433. The fourth-order valence-electron chi connectivity index (χ4n) is 1.74. The van der Waals surface area contributed by atoms with Crippen LogP contribution in [0.25, 0.3) is 0 Å². The number of nitrogens with two attached hydrogens (primary N) is 1. The summed E-state index contributed by atoms with van der Waals surface area (Å²) < 4.78 is 0. The van der Waals surface area contributed by atoms with Gasteiger partial charge in [0.15, 0.2) is 0 Å². The Morgan fingerprint density at radius 2 is 2.15 bits per heavy atom. The number of carbonyl (C=O) groups is 1. The average molecular weight is 280 g/mol. The summed E-state index contributed by atoms with van der Waals surface area (Å²) in [6.07, 6.45) is 1.01. The van der Waals surface area contributed by atoms with Crippen molar-refractivity contribution in [3.8, 4) is 0 Å². The third-order valence-corrected chi connectivity index (χ3v) is 3.19. The lowest BCUT2D eigenvalue weighted by atomic mass is 10.2. The van der Waals surface area contributed by atoms with Gasteiger partial charge < -0.3 is 21.1 Å². The van der Waals surface area contributed by atoms with Crippen LogP contribution in [0.2, 0.25) is 0 Å². The molecule has 0 radical (unpaired) electrons. The van der Waals surface area contributed by atoms with Crippen molar-refractivity contribution in [1.82, 2.24) is 9.88 Å². The van der Waals surface area contributed by atoms with Crippen LogP contribution in [0.3, 0.4) is 0 Å². The first-order chi connectivity index (χ1) is 9.49. The Kier molecular flexibility index (Phi) is 6.41. The number of aromatic nitrogens is 1. The Hall–Kier alpha value is -1.66. The van der Waals surface area contributed by atoms with Gasteiger partial charge >= 0.3 is 0 Å². The third kappa shape index (κ3) is 4.47. The smallest absolute Gasteiger partial charge is 0.272 e. The van der Waals surface area contributed by atoms with Gasteiger partial charge in [0.25, 0.3) is 5.91 Å². The zero-order chi connectivity index (χ0) is 15.1. The van der Waals surface area contributed by atoms with Crippen molar-refractivity contribution >= 4 is 11.6 Å². The van der Waals surface area contributed by atoms with Crippen molar-refractivity contribution in [3.05, 3.63) is 24.0 Å². The van der Waals surface area contributed by atoms with Gasteiger partial charge in [0.05, 0.1) is 6.10 Å². The van der Waals surface area contributed by atoms with Crippen molar-refractivity contribution in [3.63, 3.8) is 0 Å². The van der Waals surface area contributed by atoms with Crippen molar-refractivity contribution < 1.29 is 9.90 Å². The van der Waals surface area contributed by atoms with Crippen molar-refractivity contribution in [1.29, 1.82) is 0 Å². The lowest BCUT2D eigenvalue weighted by molar-refractivity contribution is 0.0767. The zero-order valence-electron chi connectivity index (χ0n) is 12.3. The van der Waals surface area contributed by atoms with Crippen LogP contribution in [-0.4, -0.2) is 52.7 Å². The summed E-state index contributed by atoms with van der Waals surface area (Å²) in [5, 5.41) is 12.4. The number of pyridine rings is 1. The molecule has 6 nitrogen and oxygen atoms in total. The van der Waals surface area contributed by atoms with Crippen LogP contribution in [-0.2, 0) is 0 Å². The standard InChI is InChI=1S/C14H24N4O2/c1-4-18(5-2)14(20)13-8-11(6-7-16-13)17-9-12(15)10(3)19/h6-8,10,12,19H,4-5,9,15H2,1-3H3,(H,16,17). The number of amides is 1. The van der Waals surface area contributed by atoms with Gasteiger partial charge in [0, 0.05) is 37.6 Å². The fraction of sp³-hybridized carbons (Fsp3) is 0.571. The SMILES string of the molecule is CCN(CC)C(=O)c1cc(NCC(N)C(C)O)ccn1. The average Bonchev–Trinajstić information content (AvgIpc) is 2.46. The summed E-state index contributed by atoms with van der Waals surface area (Å²) in [6, 6.07) is 3.12. The number of nitrogens with zero attached hydrogens (tertiary/aromatic N) is 2. The molecule has 1 aromatic rings. The van der Waals surface area contributed by atoms with E-state index in [1.54, 1.807) is 30.2 Å². The molecule has 4 N–H and O–H groups in total. The van der Waals surface area contributed by atoms with Crippen LogP contribution >= 0.6 is 0 Å². The lowest BCUT2D eigenvalue weighted by Gasteiger charge is -2.19. The Morgan fingerprint density at radius 3 is 2.70 bits per heavy atom. The highest BCUT2D eigenvalue weighted by atomic mass is 16.3. The van der Waals surface area contributed by atoms with Crippen LogP contribution in [0.4, 0.5) is 5.69 Å². The van der Waals surface area contributed by atoms with Gasteiger partial charge in [-0.05, 0) is 32.9 Å². The van der Waals surface area contributed by atoms with Gasteiger partial charge in [-0.15, -0.1) is 0 Å². The Morgan fingerprint density at radius 1 is 1.50 bits per heavy atom. The summed E-state index contributed by atoms with van der Waals surface area (Å²) >= 11 is 0. The summed E-state index contributed by atoms with van der Waals surface area (Å²) in [5.74, 6) is -0.0847. The topological polar surface area (TPSA) is 91.5 Å². The molecule has 0 aliphatic heterocycles. The zero-order valence-corrected chi connectivity index (χ0v) is 12.3. The minimum absolute atomic E-state index is 0.0847. The number of anilines is 1. The molecule has 2 unspecified atom stereocenters. The monoisotopic (exact) mass is 280 g/mol. The van der Waals surface area contributed by atoms with E-state index in [0.717, 1.165) is 5.69 Å².